The van der Waals surface area contributed by atoms with E-state index in [1.807, 2.05) is 45.1 Å². The third-order valence-corrected chi connectivity index (χ3v) is 8.53. The highest BCUT2D eigenvalue weighted by atomic mass is 32.2. The Labute approximate surface area is 181 Å². The summed E-state index contributed by atoms with van der Waals surface area (Å²) in [6.07, 6.45) is 9.04. The number of cyclic esters (lactones) is 1. The van der Waals surface area contributed by atoms with Gasteiger partial charge in [-0.1, -0.05) is 24.3 Å². The minimum absolute atomic E-state index is 0.00771. The monoisotopic (exact) mass is 434 g/mol. The van der Waals surface area contributed by atoms with Gasteiger partial charge < -0.3 is 19.6 Å². The first-order valence-electron chi connectivity index (χ1n) is 10.7. The molecule has 1 spiro atoms. The van der Waals surface area contributed by atoms with Gasteiger partial charge in [0, 0.05) is 30.5 Å². The first-order chi connectivity index (χ1) is 14.3. The average molecular weight is 435 g/mol. The molecule has 0 aliphatic carbocycles. The normalized spacial score (nSPS) is 38.2. The van der Waals surface area contributed by atoms with Gasteiger partial charge in [-0.15, -0.1) is 11.8 Å². The van der Waals surface area contributed by atoms with Crippen LogP contribution in [0.15, 0.2) is 24.3 Å². The molecule has 0 aromatic rings. The Morgan fingerprint density at radius 3 is 2.67 bits per heavy atom. The van der Waals surface area contributed by atoms with Crippen molar-refractivity contribution in [2.75, 3.05) is 26.3 Å². The molecule has 0 saturated carbocycles. The lowest BCUT2D eigenvalue weighted by Gasteiger charge is -2.38. The summed E-state index contributed by atoms with van der Waals surface area (Å²) in [5.74, 6) is -1.97. The number of aliphatic hydroxyl groups is 1. The maximum Gasteiger partial charge on any atom is 0.311 e. The lowest BCUT2D eigenvalue weighted by Crippen LogP contribution is -2.54. The van der Waals surface area contributed by atoms with Crippen molar-refractivity contribution in [3.05, 3.63) is 24.3 Å². The molecule has 0 bridgehead atoms. The number of esters is 1. The summed E-state index contributed by atoms with van der Waals surface area (Å²) in [6.45, 7) is 6.91. The molecule has 4 heterocycles. The number of aliphatic hydroxyl groups excluding tert-OH is 1. The van der Waals surface area contributed by atoms with Gasteiger partial charge >= 0.3 is 5.97 Å². The molecule has 2 amide bonds. The van der Waals surface area contributed by atoms with Crippen LogP contribution in [-0.4, -0.2) is 80.6 Å². The SMILES string of the molecule is CC(C)N1CC=C[C@]23S[C@]4(C)C=CCCOC(=O)[C@@H]4[C@H]2C(=O)N(CCCO)C3C1=O. The Bertz CT molecular complexity index is 811. The summed E-state index contributed by atoms with van der Waals surface area (Å²) in [5.41, 5.74) is 0. The summed E-state index contributed by atoms with van der Waals surface area (Å²) in [7, 11) is 0. The van der Waals surface area contributed by atoms with Crippen molar-refractivity contribution in [1.29, 1.82) is 0 Å². The van der Waals surface area contributed by atoms with Crippen LogP contribution in [-0.2, 0) is 19.1 Å². The van der Waals surface area contributed by atoms with E-state index in [1.54, 1.807) is 21.6 Å². The van der Waals surface area contributed by atoms with Crippen LogP contribution in [0.3, 0.4) is 0 Å². The third kappa shape index (κ3) is 3.02. The summed E-state index contributed by atoms with van der Waals surface area (Å²) >= 11 is 1.55. The second kappa shape index (κ2) is 7.71. The van der Waals surface area contributed by atoms with Gasteiger partial charge in [-0.3, -0.25) is 14.4 Å². The van der Waals surface area contributed by atoms with Crippen LogP contribution in [0.5, 0.6) is 0 Å². The third-order valence-electron chi connectivity index (χ3n) is 6.73. The van der Waals surface area contributed by atoms with Crippen LogP contribution in [0.25, 0.3) is 0 Å². The van der Waals surface area contributed by atoms with Gasteiger partial charge in [-0.25, -0.2) is 0 Å². The van der Waals surface area contributed by atoms with E-state index in [9.17, 15) is 19.5 Å². The van der Waals surface area contributed by atoms with E-state index in [1.165, 1.54) is 0 Å². The molecule has 1 unspecified atom stereocenters. The van der Waals surface area contributed by atoms with E-state index in [-0.39, 0.29) is 30.4 Å². The predicted octanol–water partition coefficient (Wildman–Crippen LogP) is 1.37. The van der Waals surface area contributed by atoms with Gasteiger partial charge in [-0.2, -0.15) is 0 Å². The van der Waals surface area contributed by atoms with E-state index in [4.69, 9.17) is 4.74 Å². The van der Waals surface area contributed by atoms with Crippen molar-refractivity contribution in [3.63, 3.8) is 0 Å². The van der Waals surface area contributed by atoms with E-state index in [0.717, 1.165) is 0 Å². The van der Waals surface area contributed by atoms with Gasteiger partial charge in [0.1, 0.15) is 6.04 Å². The largest absolute Gasteiger partial charge is 0.465 e. The number of hydrogen-bond donors (Lipinski definition) is 1. The molecule has 164 valence electrons. The van der Waals surface area contributed by atoms with Crippen LogP contribution in [0, 0.1) is 11.8 Å². The number of nitrogens with zero attached hydrogens (tertiary/aromatic N) is 2. The molecular formula is C22H30N2O5S. The fraction of sp³-hybridized carbons (Fsp3) is 0.682. The highest BCUT2D eigenvalue weighted by Crippen LogP contribution is 2.65. The maximum absolute atomic E-state index is 13.7. The molecule has 1 N–H and O–H groups in total. The molecule has 0 aromatic carbocycles. The van der Waals surface area contributed by atoms with Crippen molar-refractivity contribution in [2.45, 2.75) is 55.2 Å². The fourth-order valence-corrected chi connectivity index (χ4v) is 7.60. The Kier molecular flexibility index (Phi) is 5.51. The van der Waals surface area contributed by atoms with Crippen LogP contribution in [0.4, 0.5) is 0 Å². The summed E-state index contributed by atoms with van der Waals surface area (Å²) in [5, 5.41) is 9.38. The first-order valence-corrected chi connectivity index (χ1v) is 11.5. The predicted molar refractivity (Wildman–Crippen MR) is 114 cm³/mol. The van der Waals surface area contributed by atoms with Gasteiger partial charge in [0.2, 0.25) is 11.8 Å². The van der Waals surface area contributed by atoms with Crippen LogP contribution in [0.1, 0.15) is 33.6 Å². The number of likely N-dealkylation sites (tertiary alicyclic amines) is 1. The maximum atomic E-state index is 13.7. The van der Waals surface area contributed by atoms with Gasteiger partial charge in [0.15, 0.2) is 0 Å². The number of carbonyl (C=O) groups is 3. The van der Waals surface area contributed by atoms with Crippen molar-refractivity contribution in [2.24, 2.45) is 11.8 Å². The number of carbonyl (C=O) groups excluding carboxylic acids is 3. The fourth-order valence-electron chi connectivity index (χ4n) is 5.45. The molecule has 4 aliphatic rings. The molecule has 5 atom stereocenters. The number of rotatable bonds is 4. The van der Waals surface area contributed by atoms with E-state index in [0.29, 0.717) is 32.5 Å². The van der Waals surface area contributed by atoms with Gasteiger partial charge in [-0.05, 0) is 33.6 Å². The number of ether oxygens (including phenoxy) is 1. The molecule has 0 aromatic heterocycles. The lowest BCUT2D eigenvalue weighted by atomic mass is 9.74. The molecular weight excluding hydrogens is 404 g/mol. The molecule has 4 rings (SSSR count). The van der Waals surface area contributed by atoms with Crippen LogP contribution in [0.2, 0.25) is 0 Å². The smallest absolute Gasteiger partial charge is 0.311 e. The Balaban J connectivity index is 1.87. The van der Waals surface area contributed by atoms with E-state index in [2.05, 4.69) is 0 Å². The van der Waals surface area contributed by atoms with Gasteiger partial charge in [0.25, 0.3) is 0 Å². The lowest BCUT2D eigenvalue weighted by molar-refractivity contribution is -0.154. The standard InChI is InChI=1S/C22H30N2O5S/c1-14(2)23-10-6-9-22-15(18(26)24(11-7-12-25)17(22)19(23)27)16-20(28)29-13-5-4-8-21(16,3)30-22/h4,6,8-9,14-17,25H,5,7,10-13H2,1-3H3/t15-,16-,17?,21+,22-/m0/s1. The Morgan fingerprint density at radius 2 is 1.97 bits per heavy atom. The van der Waals surface area contributed by atoms with Crippen molar-refractivity contribution >= 4 is 29.5 Å². The second-order valence-corrected chi connectivity index (χ2v) is 10.7. The molecule has 2 saturated heterocycles. The molecule has 7 nitrogen and oxygen atoms in total. The summed E-state index contributed by atoms with van der Waals surface area (Å²) in [6, 6.07) is -0.703. The summed E-state index contributed by atoms with van der Waals surface area (Å²) in [4.78, 5) is 43.9. The molecule has 30 heavy (non-hydrogen) atoms. The molecule has 2 fully saturated rings. The van der Waals surface area contributed by atoms with Gasteiger partial charge in [0.05, 0.1) is 23.2 Å². The quantitative estimate of drug-likeness (QED) is 0.531. The highest BCUT2D eigenvalue weighted by Gasteiger charge is 2.73. The minimum Gasteiger partial charge on any atom is -0.465 e. The van der Waals surface area contributed by atoms with Crippen LogP contribution < -0.4 is 0 Å². The zero-order valence-corrected chi connectivity index (χ0v) is 18.6. The van der Waals surface area contributed by atoms with E-state index >= 15 is 0 Å². The highest BCUT2D eigenvalue weighted by molar-refractivity contribution is 8.02. The average Bonchev–Trinajstić information content (AvgIpc) is 2.99. The topological polar surface area (TPSA) is 87.2 Å². The number of fused-ring (bicyclic) bond motifs is 2. The molecule has 8 heteroatoms. The van der Waals surface area contributed by atoms with Crippen LogP contribution >= 0.6 is 11.8 Å². The zero-order chi connectivity index (χ0) is 21.7. The number of hydrogen-bond acceptors (Lipinski definition) is 6. The van der Waals surface area contributed by atoms with E-state index < -0.39 is 27.4 Å². The Hall–Kier alpha value is -1.80. The van der Waals surface area contributed by atoms with Crippen molar-refractivity contribution in [3.8, 4) is 0 Å². The molecule has 0 radical (unpaired) electrons. The van der Waals surface area contributed by atoms with Crippen molar-refractivity contribution in [1.82, 2.24) is 9.80 Å². The van der Waals surface area contributed by atoms with Crippen molar-refractivity contribution < 1.29 is 24.2 Å². The second-order valence-electron chi connectivity index (χ2n) is 8.95. The Morgan fingerprint density at radius 1 is 1.20 bits per heavy atom. The number of amides is 2. The molecule has 4 aliphatic heterocycles. The minimum atomic E-state index is -0.833. The number of thioether (sulfide) groups is 1. The zero-order valence-electron chi connectivity index (χ0n) is 17.7. The summed E-state index contributed by atoms with van der Waals surface area (Å²) < 4.78 is 4.03. The first kappa shape index (κ1) is 21.4.